The van der Waals surface area contributed by atoms with E-state index >= 15 is 0 Å². The van der Waals surface area contributed by atoms with Crippen molar-refractivity contribution in [2.75, 3.05) is 0 Å². The average molecular weight is 287 g/mol. The van der Waals surface area contributed by atoms with Gasteiger partial charge in [0.25, 0.3) is 0 Å². The minimum atomic E-state index is -0.840. The molecular formula is C17H15F2NO. The summed E-state index contributed by atoms with van der Waals surface area (Å²) in [5.74, 6) is -0.593. The fraction of sp³-hybridized carbons (Fsp3) is 0.176. The summed E-state index contributed by atoms with van der Waals surface area (Å²) in [5, 5.41) is 0.897. The molecule has 0 spiro atoms. The highest BCUT2D eigenvalue weighted by molar-refractivity contribution is 5.78. The Hall–Kier alpha value is -2.20. The Balaban J connectivity index is 2.07. The number of furan rings is 1. The number of hydrogen-bond donors (Lipinski definition) is 1. The van der Waals surface area contributed by atoms with Crippen LogP contribution in [0.15, 0.2) is 40.8 Å². The van der Waals surface area contributed by atoms with Crippen molar-refractivity contribution < 1.29 is 13.2 Å². The number of halogens is 2. The molecule has 1 unspecified atom stereocenters. The summed E-state index contributed by atoms with van der Waals surface area (Å²) in [6, 6.07) is 8.93. The molecule has 108 valence electrons. The molecule has 0 amide bonds. The van der Waals surface area contributed by atoms with E-state index in [-0.39, 0.29) is 11.1 Å². The summed E-state index contributed by atoms with van der Waals surface area (Å²) in [6.45, 7) is 3.48. The Kier molecular flexibility index (Phi) is 3.26. The van der Waals surface area contributed by atoms with Gasteiger partial charge >= 0.3 is 0 Å². The fourth-order valence-corrected chi connectivity index (χ4v) is 2.39. The zero-order valence-electron chi connectivity index (χ0n) is 11.8. The van der Waals surface area contributed by atoms with Gasteiger partial charge in [-0.1, -0.05) is 11.6 Å². The highest BCUT2D eigenvalue weighted by atomic mass is 19.1. The van der Waals surface area contributed by atoms with Crippen LogP contribution in [0, 0.1) is 25.5 Å². The summed E-state index contributed by atoms with van der Waals surface area (Å²) in [4.78, 5) is 0. The van der Waals surface area contributed by atoms with Crippen molar-refractivity contribution in [3.8, 4) is 0 Å². The third kappa shape index (κ3) is 2.43. The molecular weight excluding hydrogens is 272 g/mol. The van der Waals surface area contributed by atoms with Gasteiger partial charge in [-0.2, -0.15) is 0 Å². The molecule has 0 aliphatic heterocycles. The van der Waals surface area contributed by atoms with E-state index in [0.29, 0.717) is 11.3 Å². The Morgan fingerprint density at radius 1 is 1.00 bits per heavy atom. The van der Waals surface area contributed by atoms with Gasteiger partial charge in [-0.05, 0) is 49.7 Å². The van der Waals surface area contributed by atoms with E-state index in [4.69, 9.17) is 10.2 Å². The van der Waals surface area contributed by atoms with Gasteiger partial charge in [0.1, 0.15) is 23.0 Å². The predicted octanol–water partition coefficient (Wildman–Crippen LogP) is 4.38. The lowest BCUT2D eigenvalue weighted by Crippen LogP contribution is -2.13. The SMILES string of the molecule is Cc1ccc2oc(C(N)c3cc(F)c(C)cc3F)cc2c1. The van der Waals surface area contributed by atoms with Gasteiger partial charge in [0.05, 0.1) is 6.04 Å². The van der Waals surface area contributed by atoms with Crippen LogP contribution in [0.2, 0.25) is 0 Å². The summed E-state index contributed by atoms with van der Waals surface area (Å²) >= 11 is 0. The van der Waals surface area contributed by atoms with Crippen molar-refractivity contribution in [1.82, 2.24) is 0 Å². The van der Waals surface area contributed by atoms with Gasteiger partial charge in [0.2, 0.25) is 0 Å². The molecule has 2 N–H and O–H groups in total. The van der Waals surface area contributed by atoms with Gasteiger partial charge in [0, 0.05) is 10.9 Å². The smallest absolute Gasteiger partial charge is 0.134 e. The molecule has 1 atom stereocenters. The largest absolute Gasteiger partial charge is 0.459 e. The Bertz CT molecular complexity index is 823. The van der Waals surface area contributed by atoms with Crippen LogP contribution < -0.4 is 5.73 Å². The van der Waals surface area contributed by atoms with E-state index in [0.717, 1.165) is 23.1 Å². The highest BCUT2D eigenvalue weighted by Crippen LogP contribution is 2.29. The van der Waals surface area contributed by atoms with E-state index < -0.39 is 17.7 Å². The summed E-state index contributed by atoms with van der Waals surface area (Å²) in [6.07, 6.45) is 0. The van der Waals surface area contributed by atoms with Crippen molar-refractivity contribution >= 4 is 11.0 Å². The van der Waals surface area contributed by atoms with Crippen LogP contribution in [0.25, 0.3) is 11.0 Å². The molecule has 3 aromatic rings. The number of hydrogen-bond acceptors (Lipinski definition) is 2. The lowest BCUT2D eigenvalue weighted by molar-refractivity contribution is 0.505. The third-order valence-electron chi connectivity index (χ3n) is 3.61. The first-order valence-electron chi connectivity index (χ1n) is 6.67. The van der Waals surface area contributed by atoms with Gasteiger partial charge in [-0.3, -0.25) is 0 Å². The van der Waals surface area contributed by atoms with Crippen LogP contribution in [0.3, 0.4) is 0 Å². The second-order valence-electron chi connectivity index (χ2n) is 5.29. The molecule has 21 heavy (non-hydrogen) atoms. The van der Waals surface area contributed by atoms with Crippen LogP contribution >= 0.6 is 0 Å². The lowest BCUT2D eigenvalue weighted by atomic mass is 10.0. The lowest BCUT2D eigenvalue weighted by Gasteiger charge is -2.11. The molecule has 0 bridgehead atoms. The van der Waals surface area contributed by atoms with Crippen molar-refractivity contribution in [3.63, 3.8) is 0 Å². The molecule has 0 radical (unpaired) electrons. The molecule has 0 fully saturated rings. The molecule has 1 aromatic heterocycles. The maximum absolute atomic E-state index is 14.0. The Labute approximate surface area is 121 Å². The first-order valence-corrected chi connectivity index (χ1v) is 6.67. The highest BCUT2D eigenvalue weighted by Gasteiger charge is 2.19. The van der Waals surface area contributed by atoms with E-state index in [1.807, 2.05) is 25.1 Å². The molecule has 0 aliphatic rings. The topological polar surface area (TPSA) is 39.2 Å². The first kappa shape index (κ1) is 13.8. The van der Waals surface area contributed by atoms with Gasteiger partial charge in [-0.25, -0.2) is 8.78 Å². The maximum atomic E-state index is 14.0. The molecule has 3 rings (SSSR count). The molecule has 2 aromatic carbocycles. The van der Waals surface area contributed by atoms with Crippen LogP contribution in [0.4, 0.5) is 8.78 Å². The molecule has 1 heterocycles. The van der Waals surface area contributed by atoms with Crippen LogP contribution in [-0.4, -0.2) is 0 Å². The van der Waals surface area contributed by atoms with E-state index in [1.165, 1.54) is 6.92 Å². The minimum absolute atomic E-state index is 0.0916. The van der Waals surface area contributed by atoms with Gasteiger partial charge in [0.15, 0.2) is 0 Å². The van der Waals surface area contributed by atoms with Crippen molar-refractivity contribution in [1.29, 1.82) is 0 Å². The van der Waals surface area contributed by atoms with Crippen molar-refractivity contribution in [3.05, 3.63) is 70.5 Å². The van der Waals surface area contributed by atoms with Crippen LogP contribution in [-0.2, 0) is 0 Å². The third-order valence-corrected chi connectivity index (χ3v) is 3.61. The quantitative estimate of drug-likeness (QED) is 0.760. The minimum Gasteiger partial charge on any atom is -0.459 e. The summed E-state index contributed by atoms with van der Waals surface area (Å²) in [7, 11) is 0. The fourth-order valence-electron chi connectivity index (χ4n) is 2.39. The van der Waals surface area contributed by atoms with Gasteiger partial charge in [-0.15, -0.1) is 0 Å². The number of rotatable bonds is 2. The Morgan fingerprint density at radius 3 is 2.52 bits per heavy atom. The molecule has 0 saturated carbocycles. The van der Waals surface area contributed by atoms with Crippen LogP contribution in [0.1, 0.15) is 28.5 Å². The van der Waals surface area contributed by atoms with Crippen molar-refractivity contribution in [2.45, 2.75) is 19.9 Å². The number of nitrogens with two attached hydrogens (primary N) is 1. The van der Waals surface area contributed by atoms with Crippen LogP contribution in [0.5, 0.6) is 0 Å². The monoisotopic (exact) mass is 287 g/mol. The Morgan fingerprint density at radius 2 is 1.76 bits per heavy atom. The zero-order valence-corrected chi connectivity index (χ0v) is 11.8. The molecule has 0 aliphatic carbocycles. The predicted molar refractivity (Wildman–Crippen MR) is 78.1 cm³/mol. The number of benzene rings is 2. The zero-order chi connectivity index (χ0) is 15.1. The summed E-state index contributed by atoms with van der Waals surface area (Å²) in [5.41, 5.74) is 8.16. The van der Waals surface area contributed by atoms with Crippen molar-refractivity contribution in [2.24, 2.45) is 5.73 Å². The second-order valence-corrected chi connectivity index (χ2v) is 5.29. The number of fused-ring (bicyclic) bond motifs is 1. The average Bonchev–Trinajstić information content (AvgIpc) is 2.85. The molecule has 0 saturated heterocycles. The maximum Gasteiger partial charge on any atom is 0.134 e. The second kappa shape index (κ2) is 4.97. The normalized spacial score (nSPS) is 12.8. The summed E-state index contributed by atoms with van der Waals surface area (Å²) < 4.78 is 33.3. The van der Waals surface area contributed by atoms with E-state index in [9.17, 15) is 8.78 Å². The standard InChI is InChI=1S/C17H15F2NO/c1-9-3-4-15-11(5-9)7-16(21-15)17(20)12-8-13(18)10(2)6-14(12)19/h3-8,17H,20H2,1-2H3. The van der Waals surface area contributed by atoms with E-state index in [2.05, 4.69) is 0 Å². The van der Waals surface area contributed by atoms with Gasteiger partial charge < -0.3 is 10.2 Å². The van der Waals surface area contributed by atoms with E-state index in [1.54, 1.807) is 6.07 Å². The number of aryl methyl sites for hydroxylation is 2. The molecule has 2 nitrogen and oxygen atoms in total. The molecule has 4 heteroatoms. The first-order chi connectivity index (χ1) is 9.95.